The van der Waals surface area contributed by atoms with Gasteiger partial charge in [0.2, 0.25) is 0 Å². The van der Waals surface area contributed by atoms with Crippen molar-refractivity contribution in [1.82, 2.24) is 0 Å². The zero-order valence-electron chi connectivity index (χ0n) is 8.49. The van der Waals surface area contributed by atoms with Gasteiger partial charge in [-0.1, -0.05) is 5.11 Å². The molecule has 0 aliphatic carbocycles. The first-order valence-electron chi connectivity index (χ1n) is 4.61. The third-order valence-electron chi connectivity index (χ3n) is 2.23. The fraction of sp³-hybridized carbons (Fsp3) is 0.100. The molecular weight excluding hydrogens is 226 g/mol. The Kier molecular flexibility index (Phi) is 2.60. The summed E-state index contributed by atoms with van der Waals surface area (Å²) in [7, 11) is 0. The number of azide groups is 1. The van der Waals surface area contributed by atoms with Crippen LogP contribution in [0.15, 0.2) is 32.5 Å². The van der Waals surface area contributed by atoms with E-state index in [-0.39, 0.29) is 23.6 Å². The Morgan fingerprint density at radius 3 is 2.71 bits per heavy atom. The highest BCUT2D eigenvalue weighted by Crippen LogP contribution is 2.31. The van der Waals surface area contributed by atoms with Gasteiger partial charge in [0.05, 0.1) is 6.54 Å². The minimum Gasteiger partial charge on any atom is -0.504 e. The van der Waals surface area contributed by atoms with Crippen molar-refractivity contribution in [3.8, 4) is 11.5 Å². The number of phenols is 2. The number of hydrogen-bond acceptors (Lipinski definition) is 5. The molecule has 17 heavy (non-hydrogen) atoms. The highest BCUT2D eigenvalue weighted by molar-refractivity contribution is 5.83. The Balaban J connectivity index is 2.77. The molecule has 7 heteroatoms. The van der Waals surface area contributed by atoms with E-state index in [9.17, 15) is 15.0 Å². The summed E-state index contributed by atoms with van der Waals surface area (Å²) in [6.07, 6.45) is 0. The predicted octanol–water partition coefficient (Wildman–Crippen LogP) is 2.01. The Hall–Kier alpha value is -2.66. The first kappa shape index (κ1) is 10.8. The second-order valence-corrected chi connectivity index (χ2v) is 3.32. The van der Waals surface area contributed by atoms with Gasteiger partial charge in [-0.05, 0) is 17.2 Å². The number of fused-ring (bicyclic) bond motifs is 1. The monoisotopic (exact) mass is 233 g/mol. The van der Waals surface area contributed by atoms with Gasteiger partial charge in [-0.3, -0.25) is 0 Å². The molecule has 1 heterocycles. The fourth-order valence-electron chi connectivity index (χ4n) is 1.49. The number of nitrogens with zero attached hydrogens (tertiary/aromatic N) is 3. The average Bonchev–Trinajstić information content (AvgIpc) is 2.28. The number of hydrogen-bond donors (Lipinski definition) is 2. The second-order valence-electron chi connectivity index (χ2n) is 3.32. The van der Waals surface area contributed by atoms with E-state index in [0.29, 0.717) is 10.9 Å². The molecule has 0 fully saturated rings. The SMILES string of the molecule is [N-]=[N+]=NCc1cc(=O)oc2cc(O)c(O)cc12. The maximum Gasteiger partial charge on any atom is 0.336 e. The molecule has 0 saturated carbocycles. The summed E-state index contributed by atoms with van der Waals surface area (Å²) in [5.41, 5.74) is 8.16. The molecule has 1 aromatic carbocycles. The van der Waals surface area contributed by atoms with Crippen molar-refractivity contribution in [2.24, 2.45) is 5.11 Å². The zero-order valence-corrected chi connectivity index (χ0v) is 8.49. The fourth-order valence-corrected chi connectivity index (χ4v) is 1.49. The maximum atomic E-state index is 11.2. The van der Waals surface area contributed by atoms with Crippen molar-refractivity contribution in [3.05, 3.63) is 44.6 Å². The smallest absolute Gasteiger partial charge is 0.336 e. The van der Waals surface area contributed by atoms with Crippen LogP contribution in [0.3, 0.4) is 0 Å². The van der Waals surface area contributed by atoms with E-state index >= 15 is 0 Å². The van der Waals surface area contributed by atoms with E-state index < -0.39 is 5.63 Å². The van der Waals surface area contributed by atoms with Gasteiger partial charge in [0.25, 0.3) is 0 Å². The van der Waals surface area contributed by atoms with Crippen LogP contribution in [0.2, 0.25) is 0 Å². The standard InChI is InChI=1S/C10H7N3O4/c11-13-12-4-5-1-10(16)17-9-3-8(15)7(14)2-6(5)9/h1-3,14-15H,4H2. The summed E-state index contributed by atoms with van der Waals surface area (Å²) >= 11 is 0. The highest BCUT2D eigenvalue weighted by Gasteiger charge is 2.09. The Bertz CT molecular complexity index is 686. The summed E-state index contributed by atoms with van der Waals surface area (Å²) in [5.74, 6) is -0.727. The van der Waals surface area contributed by atoms with Crippen molar-refractivity contribution in [2.75, 3.05) is 0 Å². The van der Waals surface area contributed by atoms with Gasteiger partial charge in [0.1, 0.15) is 5.58 Å². The average molecular weight is 233 g/mol. The van der Waals surface area contributed by atoms with E-state index in [0.717, 1.165) is 6.07 Å². The van der Waals surface area contributed by atoms with Crippen molar-refractivity contribution in [2.45, 2.75) is 6.54 Å². The highest BCUT2D eigenvalue weighted by atomic mass is 16.4. The summed E-state index contributed by atoms with van der Waals surface area (Å²) < 4.78 is 4.86. The summed E-state index contributed by atoms with van der Waals surface area (Å²) in [6.45, 7) is -0.0389. The molecule has 0 saturated heterocycles. The Morgan fingerprint density at radius 2 is 2.00 bits per heavy atom. The lowest BCUT2D eigenvalue weighted by Crippen LogP contribution is -1.99. The van der Waals surface area contributed by atoms with E-state index in [1.807, 2.05) is 0 Å². The Labute approximate surface area is 94.2 Å². The van der Waals surface area contributed by atoms with E-state index in [4.69, 9.17) is 9.95 Å². The number of aromatic hydroxyl groups is 2. The molecule has 0 bridgehead atoms. The minimum atomic E-state index is -0.620. The molecule has 0 spiro atoms. The molecule has 0 aliphatic heterocycles. The van der Waals surface area contributed by atoms with Crippen LogP contribution in [0.4, 0.5) is 0 Å². The first-order chi connectivity index (χ1) is 8.11. The molecule has 0 radical (unpaired) electrons. The Morgan fingerprint density at radius 1 is 1.29 bits per heavy atom. The molecule has 0 atom stereocenters. The van der Waals surface area contributed by atoms with Gasteiger partial charge in [-0.2, -0.15) is 0 Å². The van der Waals surface area contributed by atoms with Crippen LogP contribution in [-0.4, -0.2) is 10.2 Å². The third kappa shape index (κ3) is 1.99. The van der Waals surface area contributed by atoms with Crippen LogP contribution >= 0.6 is 0 Å². The van der Waals surface area contributed by atoms with Gasteiger partial charge in [0.15, 0.2) is 11.5 Å². The lowest BCUT2D eigenvalue weighted by Gasteiger charge is -2.04. The van der Waals surface area contributed by atoms with Gasteiger partial charge < -0.3 is 14.6 Å². The van der Waals surface area contributed by atoms with Crippen LogP contribution in [0.1, 0.15) is 5.56 Å². The van der Waals surface area contributed by atoms with Gasteiger partial charge in [-0.15, -0.1) is 0 Å². The molecule has 0 amide bonds. The predicted molar refractivity (Wildman–Crippen MR) is 58.7 cm³/mol. The normalized spacial score (nSPS) is 10.1. The molecule has 2 aromatic rings. The maximum absolute atomic E-state index is 11.2. The van der Waals surface area contributed by atoms with Gasteiger partial charge in [-0.25, -0.2) is 4.79 Å². The van der Waals surface area contributed by atoms with E-state index in [2.05, 4.69) is 10.0 Å². The number of rotatable bonds is 2. The summed E-state index contributed by atoms with van der Waals surface area (Å²) in [4.78, 5) is 13.8. The van der Waals surface area contributed by atoms with Crippen LogP contribution in [0.5, 0.6) is 11.5 Å². The zero-order chi connectivity index (χ0) is 12.4. The third-order valence-corrected chi connectivity index (χ3v) is 2.23. The molecule has 0 unspecified atom stereocenters. The summed E-state index contributed by atoms with van der Waals surface area (Å²) in [6, 6.07) is 3.55. The van der Waals surface area contributed by atoms with Crippen molar-refractivity contribution < 1.29 is 14.6 Å². The molecule has 7 nitrogen and oxygen atoms in total. The molecule has 2 rings (SSSR count). The van der Waals surface area contributed by atoms with Gasteiger partial charge in [0, 0.05) is 22.4 Å². The molecular formula is C10H7N3O4. The topological polar surface area (TPSA) is 119 Å². The molecule has 2 N–H and O–H groups in total. The van der Waals surface area contributed by atoms with Crippen molar-refractivity contribution >= 4 is 11.0 Å². The largest absolute Gasteiger partial charge is 0.504 e. The van der Waals surface area contributed by atoms with Crippen LogP contribution in [-0.2, 0) is 6.54 Å². The van der Waals surface area contributed by atoms with Crippen molar-refractivity contribution in [3.63, 3.8) is 0 Å². The molecule has 1 aromatic heterocycles. The van der Waals surface area contributed by atoms with Crippen LogP contribution in [0, 0.1) is 0 Å². The second kappa shape index (κ2) is 4.07. The van der Waals surface area contributed by atoms with E-state index in [1.165, 1.54) is 12.1 Å². The number of phenolic OH excluding ortho intramolecular Hbond substituents is 2. The van der Waals surface area contributed by atoms with Crippen LogP contribution in [0.25, 0.3) is 21.4 Å². The summed E-state index contributed by atoms with van der Waals surface area (Å²) in [5, 5.41) is 22.4. The van der Waals surface area contributed by atoms with Crippen LogP contribution < -0.4 is 5.63 Å². The molecule has 0 aliphatic rings. The first-order valence-corrected chi connectivity index (χ1v) is 4.61. The number of benzene rings is 1. The molecule has 86 valence electrons. The quantitative estimate of drug-likeness (QED) is 0.271. The lowest BCUT2D eigenvalue weighted by atomic mass is 10.1. The van der Waals surface area contributed by atoms with Gasteiger partial charge >= 0.3 is 5.63 Å². The minimum absolute atomic E-state index is 0.0389. The van der Waals surface area contributed by atoms with E-state index in [1.54, 1.807) is 0 Å². The van der Waals surface area contributed by atoms with Crippen molar-refractivity contribution in [1.29, 1.82) is 0 Å². The lowest BCUT2D eigenvalue weighted by molar-refractivity contribution is 0.403.